The van der Waals surface area contributed by atoms with Crippen molar-refractivity contribution in [3.63, 3.8) is 0 Å². The molecule has 1 saturated heterocycles. The quantitative estimate of drug-likeness (QED) is 0.245. The Morgan fingerprint density at radius 1 is 0.939 bits per heavy atom. The fourth-order valence-electron chi connectivity index (χ4n) is 4.25. The Morgan fingerprint density at radius 2 is 1.64 bits per heavy atom. The van der Waals surface area contributed by atoms with Crippen molar-refractivity contribution in [3.8, 4) is 11.5 Å². The molecular formula is C27H35NO5. The number of cyclic esters (lactones) is 1. The Bertz CT molecular complexity index is 885. The lowest BCUT2D eigenvalue weighted by Gasteiger charge is -2.35. The van der Waals surface area contributed by atoms with Crippen molar-refractivity contribution in [2.75, 3.05) is 11.4 Å². The van der Waals surface area contributed by atoms with Gasteiger partial charge in [0.15, 0.2) is 5.75 Å². The maximum Gasteiger partial charge on any atom is 0.411 e. The summed E-state index contributed by atoms with van der Waals surface area (Å²) >= 11 is 0. The number of nitrogens with zero attached hydrogens (tertiary/aromatic N) is 1. The van der Waals surface area contributed by atoms with E-state index in [-0.39, 0.29) is 18.0 Å². The molecule has 0 bridgehead atoms. The van der Waals surface area contributed by atoms with Gasteiger partial charge < -0.3 is 14.6 Å². The minimum atomic E-state index is -1.00. The summed E-state index contributed by atoms with van der Waals surface area (Å²) in [5.41, 5.74) is 0.536. The molecule has 6 heteroatoms. The van der Waals surface area contributed by atoms with Gasteiger partial charge in [-0.15, -0.1) is 0 Å². The summed E-state index contributed by atoms with van der Waals surface area (Å²) in [5, 5.41) is 9.81. The van der Waals surface area contributed by atoms with E-state index < -0.39 is 6.09 Å². The zero-order chi connectivity index (χ0) is 23.5. The second kappa shape index (κ2) is 12.9. The lowest BCUT2D eigenvalue weighted by molar-refractivity contribution is -0.186. The highest BCUT2D eigenvalue weighted by Gasteiger charge is 2.40. The number of benzene rings is 2. The highest BCUT2D eigenvalue weighted by Crippen LogP contribution is 2.33. The average Bonchev–Trinajstić information content (AvgIpc) is 2.81. The molecule has 1 aliphatic heterocycles. The zero-order valence-electron chi connectivity index (χ0n) is 19.4. The number of rotatable bonds is 14. The van der Waals surface area contributed by atoms with Gasteiger partial charge in [0.1, 0.15) is 11.9 Å². The smallest absolute Gasteiger partial charge is 0.411 e. The SMILES string of the molecule is CCCCCC[C@H]1C(=O)O[C@@H]1CCCCCN(C(=O)O)c1ccccc1Oc1ccccc1. The van der Waals surface area contributed by atoms with Crippen LogP contribution in [-0.4, -0.2) is 29.8 Å². The largest absolute Gasteiger partial charge is 0.465 e. The molecule has 2 aromatic carbocycles. The van der Waals surface area contributed by atoms with E-state index in [1.165, 1.54) is 24.2 Å². The van der Waals surface area contributed by atoms with Crippen LogP contribution in [0.3, 0.4) is 0 Å². The summed E-state index contributed by atoms with van der Waals surface area (Å²) in [5.74, 6) is 1.18. The Hall–Kier alpha value is -3.02. The monoisotopic (exact) mass is 453 g/mol. The van der Waals surface area contributed by atoms with Gasteiger partial charge in [-0.2, -0.15) is 0 Å². The molecule has 0 unspecified atom stereocenters. The van der Waals surface area contributed by atoms with Crippen LogP contribution in [0.15, 0.2) is 54.6 Å². The maximum absolute atomic E-state index is 12.0. The Balaban J connectivity index is 1.46. The number of hydrogen-bond donors (Lipinski definition) is 1. The van der Waals surface area contributed by atoms with Crippen LogP contribution >= 0.6 is 0 Å². The average molecular weight is 454 g/mol. The number of carbonyl (C=O) groups is 2. The van der Waals surface area contributed by atoms with Crippen molar-refractivity contribution in [1.82, 2.24) is 0 Å². The number of anilines is 1. The fraction of sp³-hybridized carbons (Fsp3) is 0.481. The van der Waals surface area contributed by atoms with Crippen molar-refractivity contribution in [3.05, 3.63) is 54.6 Å². The van der Waals surface area contributed by atoms with Crippen LogP contribution < -0.4 is 9.64 Å². The molecule has 2 atom stereocenters. The van der Waals surface area contributed by atoms with Crippen LogP contribution in [0.2, 0.25) is 0 Å². The topological polar surface area (TPSA) is 76.1 Å². The minimum Gasteiger partial charge on any atom is -0.465 e. The molecule has 1 N–H and O–H groups in total. The third-order valence-electron chi connectivity index (χ3n) is 6.12. The van der Waals surface area contributed by atoms with E-state index in [0.29, 0.717) is 23.7 Å². The van der Waals surface area contributed by atoms with Crippen molar-refractivity contribution in [1.29, 1.82) is 0 Å². The van der Waals surface area contributed by atoms with Gasteiger partial charge in [-0.1, -0.05) is 69.4 Å². The Morgan fingerprint density at radius 3 is 2.36 bits per heavy atom. The van der Waals surface area contributed by atoms with E-state index in [2.05, 4.69) is 6.92 Å². The van der Waals surface area contributed by atoms with Crippen LogP contribution in [0.4, 0.5) is 10.5 Å². The van der Waals surface area contributed by atoms with Crippen molar-refractivity contribution < 1.29 is 24.2 Å². The predicted octanol–water partition coefficient (Wildman–Crippen LogP) is 7.04. The molecule has 1 amide bonds. The first kappa shape index (κ1) is 24.6. The summed E-state index contributed by atoms with van der Waals surface area (Å²) in [4.78, 5) is 25.1. The molecule has 1 aliphatic rings. The normalized spacial score (nSPS) is 17.2. The zero-order valence-corrected chi connectivity index (χ0v) is 19.4. The maximum atomic E-state index is 12.0. The number of carboxylic acid groups (broad SMARTS) is 1. The molecule has 3 rings (SSSR count). The van der Waals surface area contributed by atoms with E-state index in [4.69, 9.17) is 9.47 Å². The first-order valence-corrected chi connectivity index (χ1v) is 12.1. The number of amides is 1. The van der Waals surface area contributed by atoms with E-state index in [9.17, 15) is 14.7 Å². The highest BCUT2D eigenvalue weighted by molar-refractivity contribution is 5.88. The van der Waals surface area contributed by atoms with Gasteiger partial charge >= 0.3 is 12.1 Å². The molecule has 2 aromatic rings. The molecule has 0 saturated carbocycles. The Labute approximate surface area is 196 Å². The van der Waals surface area contributed by atoms with Gasteiger partial charge in [-0.25, -0.2) is 4.79 Å². The number of ether oxygens (including phenoxy) is 2. The van der Waals surface area contributed by atoms with Gasteiger partial charge in [0, 0.05) is 6.54 Å². The molecule has 0 radical (unpaired) electrons. The summed E-state index contributed by atoms with van der Waals surface area (Å²) in [6.45, 7) is 2.57. The van der Waals surface area contributed by atoms with E-state index >= 15 is 0 Å². The summed E-state index contributed by atoms with van der Waals surface area (Å²) < 4.78 is 11.3. The molecule has 0 aliphatic carbocycles. The number of para-hydroxylation sites is 3. The van der Waals surface area contributed by atoms with Crippen LogP contribution in [-0.2, 0) is 9.53 Å². The first-order valence-electron chi connectivity index (χ1n) is 12.1. The number of unbranched alkanes of at least 4 members (excludes halogenated alkanes) is 5. The van der Waals surface area contributed by atoms with Crippen LogP contribution in [0.1, 0.15) is 64.7 Å². The third kappa shape index (κ3) is 7.24. The number of carbonyl (C=O) groups excluding carboxylic acids is 1. The van der Waals surface area contributed by atoms with Crippen molar-refractivity contribution in [2.24, 2.45) is 5.92 Å². The van der Waals surface area contributed by atoms with Crippen LogP contribution in [0, 0.1) is 5.92 Å². The third-order valence-corrected chi connectivity index (χ3v) is 6.12. The molecule has 1 fully saturated rings. The predicted molar refractivity (Wildman–Crippen MR) is 129 cm³/mol. The lowest BCUT2D eigenvalue weighted by atomic mass is 9.87. The number of hydrogen-bond acceptors (Lipinski definition) is 4. The molecule has 0 spiro atoms. The van der Waals surface area contributed by atoms with Gasteiger partial charge in [0.2, 0.25) is 0 Å². The highest BCUT2D eigenvalue weighted by atomic mass is 16.6. The summed E-state index contributed by atoms with van der Waals surface area (Å²) in [7, 11) is 0. The first-order chi connectivity index (χ1) is 16.1. The second-order valence-electron chi connectivity index (χ2n) is 8.60. The molecule has 1 heterocycles. The summed E-state index contributed by atoms with van der Waals surface area (Å²) in [6, 6.07) is 16.5. The Kier molecular flexibility index (Phi) is 9.60. The van der Waals surface area contributed by atoms with Gasteiger partial charge in [-0.3, -0.25) is 9.69 Å². The standard InChI is InChI=1S/C27H35NO5/c1-2-3-4-9-16-22-24(33-26(22)29)18-10-6-13-20-28(27(30)31)23-17-11-12-19-25(23)32-21-14-7-5-8-15-21/h5,7-8,11-12,14-15,17,19,22,24H,2-4,6,9-10,13,16,18,20H2,1H3,(H,30,31)/t22-,24-/m1/s1. The van der Waals surface area contributed by atoms with Gasteiger partial charge in [-0.05, 0) is 49.9 Å². The molecular weight excluding hydrogens is 418 g/mol. The van der Waals surface area contributed by atoms with Crippen LogP contribution in [0.25, 0.3) is 0 Å². The van der Waals surface area contributed by atoms with E-state index in [1.807, 2.05) is 42.5 Å². The molecule has 33 heavy (non-hydrogen) atoms. The second-order valence-corrected chi connectivity index (χ2v) is 8.60. The van der Waals surface area contributed by atoms with E-state index in [0.717, 1.165) is 38.5 Å². The van der Waals surface area contributed by atoms with Crippen LogP contribution in [0.5, 0.6) is 11.5 Å². The van der Waals surface area contributed by atoms with Gasteiger partial charge in [0.25, 0.3) is 0 Å². The van der Waals surface area contributed by atoms with Crippen molar-refractivity contribution in [2.45, 2.75) is 70.8 Å². The molecule has 0 aromatic heterocycles. The summed E-state index contributed by atoms with van der Waals surface area (Å²) in [6.07, 6.45) is 8.00. The molecule has 6 nitrogen and oxygen atoms in total. The van der Waals surface area contributed by atoms with Crippen molar-refractivity contribution >= 4 is 17.7 Å². The lowest BCUT2D eigenvalue weighted by Crippen LogP contribution is -2.44. The van der Waals surface area contributed by atoms with Gasteiger partial charge in [0.05, 0.1) is 11.6 Å². The fourth-order valence-corrected chi connectivity index (χ4v) is 4.25. The molecule has 178 valence electrons. The minimum absolute atomic E-state index is 0.0368. The number of esters is 1. The van der Waals surface area contributed by atoms with E-state index in [1.54, 1.807) is 12.1 Å².